The Morgan fingerprint density at radius 3 is 2.43 bits per heavy atom. The topological polar surface area (TPSA) is 54.5 Å². The maximum Gasteiger partial charge on any atom is 0.274 e. The first-order chi connectivity index (χ1) is 11.1. The van der Waals surface area contributed by atoms with Crippen molar-refractivity contribution in [3.05, 3.63) is 52.3 Å². The van der Waals surface area contributed by atoms with Gasteiger partial charge < -0.3 is 15.0 Å². The van der Waals surface area contributed by atoms with E-state index >= 15 is 0 Å². The first kappa shape index (κ1) is 16.1. The Morgan fingerprint density at radius 2 is 1.83 bits per heavy atom. The lowest BCUT2D eigenvalue weighted by Gasteiger charge is -2.28. The van der Waals surface area contributed by atoms with Crippen molar-refractivity contribution in [2.24, 2.45) is 0 Å². The lowest BCUT2D eigenvalue weighted by molar-refractivity contribution is 0.102. The molecule has 0 bridgehead atoms. The molecule has 0 radical (unpaired) electrons. The number of carbonyl (C=O) groups is 1. The lowest BCUT2D eigenvalue weighted by Crippen LogP contribution is -2.36. The van der Waals surface area contributed by atoms with Crippen LogP contribution < -0.4 is 10.2 Å². The van der Waals surface area contributed by atoms with E-state index in [1.165, 1.54) is 0 Å². The molecule has 2 heterocycles. The highest BCUT2D eigenvalue weighted by Crippen LogP contribution is 2.23. The smallest absolute Gasteiger partial charge is 0.274 e. The van der Waals surface area contributed by atoms with Crippen molar-refractivity contribution in [3.63, 3.8) is 0 Å². The Labute approximate surface area is 144 Å². The van der Waals surface area contributed by atoms with Crippen molar-refractivity contribution in [1.29, 1.82) is 0 Å². The number of amides is 1. The molecule has 1 fully saturated rings. The van der Waals surface area contributed by atoms with Gasteiger partial charge in [-0.3, -0.25) is 4.79 Å². The lowest BCUT2D eigenvalue weighted by atomic mass is 10.2. The molecule has 7 heteroatoms. The van der Waals surface area contributed by atoms with Crippen LogP contribution in [-0.2, 0) is 4.74 Å². The number of aromatic nitrogens is 1. The number of nitrogens with one attached hydrogen (secondary N) is 1. The number of rotatable bonds is 3. The SMILES string of the molecule is O=C(Nc1cc(Cl)cc(Cl)c1)c1ccc(N2CCOCC2)cn1. The number of carbonyl (C=O) groups excluding carboxylic acids is 1. The summed E-state index contributed by atoms with van der Waals surface area (Å²) in [7, 11) is 0. The average Bonchev–Trinajstić information content (AvgIpc) is 2.55. The fraction of sp³-hybridized carbons (Fsp3) is 0.250. The van der Waals surface area contributed by atoms with E-state index in [0.29, 0.717) is 34.6 Å². The summed E-state index contributed by atoms with van der Waals surface area (Å²) < 4.78 is 5.32. The molecule has 3 rings (SSSR count). The van der Waals surface area contributed by atoms with E-state index in [2.05, 4.69) is 15.2 Å². The summed E-state index contributed by atoms with van der Waals surface area (Å²) in [5, 5.41) is 3.66. The Kier molecular flexibility index (Phi) is 5.00. The third kappa shape index (κ3) is 4.13. The minimum atomic E-state index is -0.308. The standard InChI is InChI=1S/C16H15Cl2N3O2/c17-11-7-12(18)9-13(8-11)20-16(22)15-2-1-14(10-19-15)21-3-5-23-6-4-21/h1-2,7-10H,3-6H2,(H,20,22). The Bertz CT molecular complexity index is 681. The van der Waals surface area contributed by atoms with Crippen LogP contribution in [0.4, 0.5) is 11.4 Å². The fourth-order valence-electron chi connectivity index (χ4n) is 2.35. The number of hydrogen-bond acceptors (Lipinski definition) is 4. The van der Waals surface area contributed by atoms with Crippen LogP contribution in [0, 0.1) is 0 Å². The van der Waals surface area contributed by atoms with Gasteiger partial charge in [0.2, 0.25) is 0 Å². The monoisotopic (exact) mass is 351 g/mol. The second-order valence-corrected chi connectivity index (χ2v) is 5.99. The van der Waals surface area contributed by atoms with Crippen molar-refractivity contribution >= 4 is 40.5 Å². The zero-order valence-electron chi connectivity index (χ0n) is 12.3. The predicted molar refractivity (Wildman–Crippen MR) is 91.7 cm³/mol. The van der Waals surface area contributed by atoms with Crippen LogP contribution in [0.3, 0.4) is 0 Å². The molecular formula is C16H15Cl2N3O2. The highest BCUT2D eigenvalue weighted by molar-refractivity contribution is 6.35. The molecule has 1 aromatic heterocycles. The van der Waals surface area contributed by atoms with Crippen LogP contribution in [0.1, 0.15) is 10.5 Å². The van der Waals surface area contributed by atoms with Crippen LogP contribution in [0.2, 0.25) is 10.0 Å². The number of benzene rings is 1. The number of ether oxygens (including phenoxy) is 1. The molecule has 0 aliphatic carbocycles. The number of pyridine rings is 1. The van der Waals surface area contributed by atoms with Gasteiger partial charge in [0.05, 0.1) is 25.1 Å². The van der Waals surface area contributed by atoms with Crippen LogP contribution in [0.15, 0.2) is 36.5 Å². The highest BCUT2D eigenvalue weighted by atomic mass is 35.5. The van der Waals surface area contributed by atoms with Gasteiger partial charge >= 0.3 is 0 Å². The first-order valence-corrected chi connectivity index (χ1v) is 7.93. The maximum absolute atomic E-state index is 12.2. The molecule has 2 aromatic rings. The fourth-order valence-corrected chi connectivity index (χ4v) is 2.88. The number of morpholine rings is 1. The van der Waals surface area contributed by atoms with E-state index in [0.717, 1.165) is 18.8 Å². The third-order valence-corrected chi connectivity index (χ3v) is 3.91. The molecular weight excluding hydrogens is 337 g/mol. The maximum atomic E-state index is 12.2. The van der Waals surface area contributed by atoms with Gasteiger partial charge in [0.1, 0.15) is 5.69 Å². The molecule has 1 saturated heterocycles. The molecule has 0 saturated carbocycles. The summed E-state index contributed by atoms with van der Waals surface area (Å²) in [5.41, 5.74) is 1.85. The van der Waals surface area contributed by atoms with E-state index < -0.39 is 0 Å². The summed E-state index contributed by atoms with van der Waals surface area (Å²) in [6.07, 6.45) is 1.70. The van der Waals surface area contributed by atoms with Crippen LogP contribution in [0.25, 0.3) is 0 Å². The van der Waals surface area contributed by atoms with E-state index in [9.17, 15) is 4.79 Å². The summed E-state index contributed by atoms with van der Waals surface area (Å²) in [6.45, 7) is 3.07. The number of halogens is 2. The second kappa shape index (κ2) is 7.17. The predicted octanol–water partition coefficient (Wildman–Crippen LogP) is 3.48. The van der Waals surface area contributed by atoms with Crippen molar-refractivity contribution in [1.82, 2.24) is 4.98 Å². The zero-order chi connectivity index (χ0) is 16.2. The van der Waals surface area contributed by atoms with Gasteiger partial charge in [-0.1, -0.05) is 23.2 Å². The number of hydrogen-bond donors (Lipinski definition) is 1. The third-order valence-electron chi connectivity index (χ3n) is 3.48. The molecule has 1 aromatic carbocycles. The largest absolute Gasteiger partial charge is 0.378 e. The van der Waals surface area contributed by atoms with Crippen LogP contribution >= 0.6 is 23.2 Å². The Balaban J connectivity index is 1.69. The van der Waals surface area contributed by atoms with Crippen molar-refractivity contribution in [2.45, 2.75) is 0 Å². The summed E-state index contributed by atoms with van der Waals surface area (Å²) in [5.74, 6) is -0.308. The van der Waals surface area contributed by atoms with Gasteiger partial charge in [-0.2, -0.15) is 0 Å². The zero-order valence-corrected chi connectivity index (χ0v) is 13.8. The Hall–Kier alpha value is -1.82. The Morgan fingerprint density at radius 1 is 1.13 bits per heavy atom. The van der Waals surface area contributed by atoms with Crippen molar-refractivity contribution in [3.8, 4) is 0 Å². The van der Waals surface area contributed by atoms with Gasteiger partial charge in [0, 0.05) is 28.8 Å². The van der Waals surface area contributed by atoms with Gasteiger partial charge in [0.15, 0.2) is 0 Å². The highest BCUT2D eigenvalue weighted by Gasteiger charge is 2.13. The molecule has 23 heavy (non-hydrogen) atoms. The molecule has 0 atom stereocenters. The van der Waals surface area contributed by atoms with E-state index in [4.69, 9.17) is 27.9 Å². The van der Waals surface area contributed by atoms with Crippen molar-refractivity contribution < 1.29 is 9.53 Å². The van der Waals surface area contributed by atoms with Crippen LogP contribution in [-0.4, -0.2) is 37.2 Å². The molecule has 1 aliphatic heterocycles. The van der Waals surface area contributed by atoms with E-state index in [1.807, 2.05) is 6.07 Å². The summed E-state index contributed by atoms with van der Waals surface area (Å²) in [4.78, 5) is 18.6. The molecule has 5 nitrogen and oxygen atoms in total. The van der Waals surface area contributed by atoms with Gasteiger partial charge in [0.25, 0.3) is 5.91 Å². The summed E-state index contributed by atoms with van der Waals surface area (Å²) >= 11 is 11.8. The van der Waals surface area contributed by atoms with Crippen molar-refractivity contribution in [2.75, 3.05) is 36.5 Å². The normalized spacial score (nSPS) is 14.6. The number of anilines is 2. The van der Waals surface area contributed by atoms with E-state index in [-0.39, 0.29) is 5.91 Å². The van der Waals surface area contributed by atoms with Gasteiger partial charge in [-0.05, 0) is 30.3 Å². The first-order valence-electron chi connectivity index (χ1n) is 7.18. The van der Waals surface area contributed by atoms with Gasteiger partial charge in [-0.25, -0.2) is 4.98 Å². The summed E-state index contributed by atoms with van der Waals surface area (Å²) in [6, 6.07) is 8.46. The minimum Gasteiger partial charge on any atom is -0.378 e. The quantitative estimate of drug-likeness (QED) is 0.919. The molecule has 1 N–H and O–H groups in total. The molecule has 0 unspecified atom stereocenters. The molecule has 120 valence electrons. The average molecular weight is 352 g/mol. The molecule has 1 aliphatic rings. The van der Waals surface area contributed by atoms with E-state index in [1.54, 1.807) is 30.5 Å². The second-order valence-electron chi connectivity index (χ2n) is 5.11. The van der Waals surface area contributed by atoms with Gasteiger partial charge in [-0.15, -0.1) is 0 Å². The minimum absolute atomic E-state index is 0.308. The molecule has 1 amide bonds. The molecule has 0 spiro atoms. The van der Waals surface area contributed by atoms with Crippen LogP contribution in [0.5, 0.6) is 0 Å². The number of nitrogens with zero attached hydrogens (tertiary/aromatic N) is 2.